The molecular formula is C6H5ClNNaO4S. The Morgan fingerprint density at radius 3 is 2.64 bits per heavy atom. The Bertz CT molecular complexity index is 362. The summed E-state index contributed by atoms with van der Waals surface area (Å²) in [6.07, 6.45) is 0. The predicted molar refractivity (Wildman–Crippen MR) is 55.4 cm³/mol. The Hall–Kier alpha value is -0.140. The number of hydrogen-bond acceptors (Lipinski definition) is 4. The fraction of sp³-hybridized carbons (Fsp3) is 0. The molecule has 0 aliphatic carbocycles. The zero-order chi connectivity index (χ0) is 9.84. The van der Waals surface area contributed by atoms with Gasteiger partial charge in [0.1, 0.15) is 10.8 Å². The summed E-state index contributed by atoms with van der Waals surface area (Å²) in [5.74, 6) is 0.132. The van der Waals surface area contributed by atoms with Crippen LogP contribution in [0.5, 0.6) is 5.75 Å². The average molecular weight is 246 g/mol. The molecule has 0 amide bonds. The van der Waals surface area contributed by atoms with Crippen molar-refractivity contribution in [3.05, 3.63) is 33.3 Å². The summed E-state index contributed by atoms with van der Waals surface area (Å²) in [6, 6.07) is 3.80. The normalized spacial score (nSPS) is 8.93. The molecule has 0 atom stereocenters. The molecule has 0 N–H and O–H groups in total. The summed E-state index contributed by atoms with van der Waals surface area (Å²) in [6.45, 7) is 0. The van der Waals surface area contributed by atoms with Crippen LogP contribution in [0, 0.1) is 10.1 Å². The first-order valence-electron chi connectivity index (χ1n) is 3.09. The number of hydrogen-bond donors (Lipinski definition) is 1. The van der Waals surface area contributed by atoms with Gasteiger partial charge in [0.2, 0.25) is 0 Å². The molecule has 0 bridgehead atoms. The number of halogens is 1. The van der Waals surface area contributed by atoms with E-state index in [1.807, 2.05) is 0 Å². The summed E-state index contributed by atoms with van der Waals surface area (Å²) in [4.78, 5) is 9.72. The zero-order valence-electron chi connectivity index (χ0n) is 6.14. The molecule has 14 heavy (non-hydrogen) atoms. The summed E-state index contributed by atoms with van der Waals surface area (Å²) >= 11 is 4.95. The Morgan fingerprint density at radius 1 is 1.50 bits per heavy atom. The monoisotopic (exact) mass is 245 g/mol. The average Bonchev–Trinajstić information content (AvgIpc) is 2.08. The SMILES string of the molecule is O=[SH]Oc1ccc(Cl)c([N+](=O)[O-])c1.[NaH]. The van der Waals surface area contributed by atoms with E-state index in [-0.39, 0.29) is 46.0 Å². The Labute approximate surface area is 111 Å². The van der Waals surface area contributed by atoms with Gasteiger partial charge in [0, 0.05) is 0 Å². The Kier molecular flexibility index (Phi) is 6.30. The van der Waals surface area contributed by atoms with Gasteiger partial charge in [0.15, 0.2) is 11.9 Å². The van der Waals surface area contributed by atoms with Crippen molar-refractivity contribution in [2.45, 2.75) is 0 Å². The third-order valence-corrected chi connectivity index (χ3v) is 1.86. The third kappa shape index (κ3) is 3.55. The van der Waals surface area contributed by atoms with Crippen LogP contribution in [-0.2, 0) is 11.9 Å². The van der Waals surface area contributed by atoms with Crippen molar-refractivity contribution in [2.24, 2.45) is 0 Å². The van der Waals surface area contributed by atoms with E-state index in [9.17, 15) is 14.3 Å². The molecule has 1 aromatic rings. The van der Waals surface area contributed by atoms with Crippen molar-refractivity contribution < 1.29 is 13.3 Å². The molecule has 0 fully saturated rings. The predicted octanol–water partition coefficient (Wildman–Crippen LogP) is 0.839. The molecule has 0 saturated carbocycles. The molecule has 0 heterocycles. The Morgan fingerprint density at radius 2 is 2.14 bits per heavy atom. The van der Waals surface area contributed by atoms with Gasteiger partial charge in [-0.3, -0.25) is 10.1 Å². The number of thiol groups is 1. The van der Waals surface area contributed by atoms with Gasteiger partial charge in [-0.05, 0) is 12.1 Å². The zero-order valence-corrected chi connectivity index (χ0v) is 7.79. The molecule has 0 unspecified atom stereocenters. The van der Waals surface area contributed by atoms with Crippen LogP contribution in [0.3, 0.4) is 0 Å². The van der Waals surface area contributed by atoms with E-state index in [0.717, 1.165) is 6.07 Å². The standard InChI is InChI=1S/C6H4ClNO4S.Na.H/c7-5-2-1-4(12-13-11)3-6(5)8(9)10;;/h1-3,13H;;. The minimum absolute atomic E-state index is 0. The molecule has 0 aliphatic rings. The van der Waals surface area contributed by atoms with Crippen LogP contribution in [0.15, 0.2) is 18.2 Å². The second-order valence-corrected chi connectivity index (χ2v) is 2.77. The molecule has 0 aliphatic heterocycles. The number of nitro groups is 1. The maximum absolute atomic E-state index is 10.4. The first-order chi connectivity index (χ1) is 6.15. The molecule has 0 radical (unpaired) electrons. The van der Waals surface area contributed by atoms with Crippen LogP contribution in [0.25, 0.3) is 0 Å². The van der Waals surface area contributed by atoms with Crippen molar-refractivity contribution in [1.82, 2.24) is 0 Å². The fourth-order valence-corrected chi connectivity index (χ4v) is 1.12. The Balaban J connectivity index is 0.00000169. The van der Waals surface area contributed by atoms with Gasteiger partial charge in [-0.25, -0.2) is 4.21 Å². The second kappa shape index (κ2) is 6.36. The quantitative estimate of drug-likeness (QED) is 0.371. The van der Waals surface area contributed by atoms with Crippen molar-refractivity contribution in [3.8, 4) is 5.75 Å². The van der Waals surface area contributed by atoms with Crippen LogP contribution in [0.4, 0.5) is 5.69 Å². The van der Waals surface area contributed by atoms with Crippen LogP contribution >= 0.6 is 11.6 Å². The van der Waals surface area contributed by atoms with E-state index in [2.05, 4.69) is 4.18 Å². The van der Waals surface area contributed by atoms with Crippen LogP contribution in [0.1, 0.15) is 0 Å². The van der Waals surface area contributed by atoms with Crippen LogP contribution in [-0.4, -0.2) is 38.7 Å². The summed E-state index contributed by atoms with van der Waals surface area (Å²) in [5, 5.41) is 10.4. The molecule has 1 aromatic carbocycles. The van der Waals surface area contributed by atoms with Gasteiger partial charge in [-0.15, -0.1) is 0 Å². The minimum atomic E-state index is -0.642. The van der Waals surface area contributed by atoms with Gasteiger partial charge in [0.25, 0.3) is 5.69 Å². The van der Waals surface area contributed by atoms with Crippen LogP contribution < -0.4 is 4.18 Å². The van der Waals surface area contributed by atoms with Crippen molar-refractivity contribution in [1.29, 1.82) is 0 Å². The molecule has 0 spiro atoms. The summed E-state index contributed by atoms with van der Waals surface area (Å²) in [7, 11) is 0. The first-order valence-corrected chi connectivity index (χ1v) is 4.19. The fourth-order valence-electron chi connectivity index (χ4n) is 0.732. The second-order valence-electron chi connectivity index (χ2n) is 2.04. The molecule has 5 nitrogen and oxygen atoms in total. The maximum atomic E-state index is 10.4. The van der Waals surface area contributed by atoms with E-state index < -0.39 is 16.9 Å². The topological polar surface area (TPSA) is 69.4 Å². The third-order valence-electron chi connectivity index (χ3n) is 1.26. The number of benzene rings is 1. The van der Waals surface area contributed by atoms with Gasteiger partial charge in [-0.2, -0.15) is 0 Å². The van der Waals surface area contributed by atoms with E-state index in [4.69, 9.17) is 11.6 Å². The van der Waals surface area contributed by atoms with Gasteiger partial charge in [-0.1, -0.05) is 11.6 Å². The van der Waals surface area contributed by atoms with Gasteiger partial charge in [0.05, 0.1) is 11.0 Å². The van der Waals surface area contributed by atoms with E-state index in [1.165, 1.54) is 12.1 Å². The molecule has 8 heteroatoms. The van der Waals surface area contributed by atoms with Crippen molar-refractivity contribution in [3.63, 3.8) is 0 Å². The van der Waals surface area contributed by atoms with E-state index >= 15 is 0 Å². The van der Waals surface area contributed by atoms with E-state index in [0.29, 0.717) is 0 Å². The van der Waals surface area contributed by atoms with Crippen LogP contribution in [0.2, 0.25) is 5.02 Å². The van der Waals surface area contributed by atoms with Gasteiger partial charge < -0.3 is 4.18 Å². The molecule has 0 saturated heterocycles. The van der Waals surface area contributed by atoms with Crippen molar-refractivity contribution >= 4 is 58.8 Å². The molecule has 72 valence electrons. The van der Waals surface area contributed by atoms with Gasteiger partial charge >= 0.3 is 29.6 Å². The number of nitrogens with zero attached hydrogens (tertiary/aromatic N) is 1. The molecule has 1 rings (SSSR count). The molecular weight excluding hydrogens is 241 g/mol. The van der Waals surface area contributed by atoms with E-state index in [1.54, 1.807) is 0 Å². The number of rotatable bonds is 3. The first kappa shape index (κ1) is 13.9. The summed E-state index contributed by atoms with van der Waals surface area (Å²) in [5.41, 5.74) is -0.275. The van der Waals surface area contributed by atoms with Crippen molar-refractivity contribution in [2.75, 3.05) is 0 Å². The molecule has 0 aromatic heterocycles. The number of nitro benzene ring substituents is 1. The summed E-state index contributed by atoms with van der Waals surface area (Å²) < 4.78 is 14.5.